The first kappa shape index (κ1) is 7.13. The Morgan fingerprint density at radius 1 is 2.00 bits per heavy atom. The molecule has 0 aliphatic heterocycles. The van der Waals surface area contributed by atoms with E-state index in [1.54, 1.807) is 11.8 Å². The van der Waals surface area contributed by atoms with Gasteiger partial charge in [-0.15, -0.1) is 11.6 Å². The molecule has 1 unspecified atom stereocenters. The van der Waals surface area contributed by atoms with Crippen LogP contribution in [0.4, 0.5) is 0 Å². The summed E-state index contributed by atoms with van der Waals surface area (Å²) < 4.78 is 0. The summed E-state index contributed by atoms with van der Waals surface area (Å²) in [6.07, 6.45) is 1.92. The van der Waals surface area contributed by atoms with Crippen molar-refractivity contribution in [1.29, 1.82) is 5.26 Å². The lowest BCUT2D eigenvalue weighted by Gasteiger charge is -1.90. The van der Waals surface area contributed by atoms with Crippen LogP contribution >= 0.6 is 23.4 Å². The standard InChI is InChI=1S/C4H6ClNS/c1-7-3-4(5)2-6/h4H,3H2,1H3. The van der Waals surface area contributed by atoms with E-state index in [1.165, 1.54) is 0 Å². The zero-order valence-electron chi connectivity index (χ0n) is 4.02. The fraction of sp³-hybridized carbons (Fsp3) is 0.750. The second-order valence-electron chi connectivity index (χ2n) is 1.05. The normalized spacial score (nSPS) is 12.7. The van der Waals surface area contributed by atoms with E-state index in [0.717, 1.165) is 5.75 Å². The Morgan fingerprint density at radius 3 is 2.71 bits per heavy atom. The molecule has 0 spiro atoms. The number of thioether (sulfide) groups is 1. The lowest BCUT2D eigenvalue weighted by Crippen LogP contribution is -1.95. The van der Waals surface area contributed by atoms with Crippen molar-refractivity contribution >= 4 is 23.4 Å². The quantitative estimate of drug-likeness (QED) is 0.536. The summed E-state index contributed by atoms with van der Waals surface area (Å²) in [5.41, 5.74) is 0. The summed E-state index contributed by atoms with van der Waals surface area (Å²) in [6.45, 7) is 0. The average molecular weight is 136 g/mol. The van der Waals surface area contributed by atoms with Gasteiger partial charge in [-0.05, 0) is 6.26 Å². The number of alkyl halides is 1. The SMILES string of the molecule is CSCC(Cl)C#N. The fourth-order valence-corrected chi connectivity index (χ4v) is 0.929. The van der Waals surface area contributed by atoms with E-state index in [9.17, 15) is 0 Å². The summed E-state index contributed by atoms with van der Waals surface area (Å²) in [5, 5.41) is 7.76. The van der Waals surface area contributed by atoms with Gasteiger partial charge >= 0.3 is 0 Å². The lowest BCUT2D eigenvalue weighted by atomic mass is 10.5. The molecule has 0 radical (unpaired) electrons. The van der Waals surface area contributed by atoms with E-state index < -0.39 is 0 Å². The van der Waals surface area contributed by atoms with Gasteiger partial charge in [-0.2, -0.15) is 17.0 Å². The van der Waals surface area contributed by atoms with Crippen molar-refractivity contribution in [1.82, 2.24) is 0 Å². The van der Waals surface area contributed by atoms with Crippen LogP contribution in [-0.2, 0) is 0 Å². The van der Waals surface area contributed by atoms with Gasteiger partial charge in [-0.25, -0.2) is 0 Å². The fourth-order valence-electron chi connectivity index (χ4n) is 0.184. The molecular weight excluding hydrogens is 130 g/mol. The molecule has 0 rings (SSSR count). The maximum atomic E-state index is 8.07. The smallest absolute Gasteiger partial charge is 0.129 e. The first-order chi connectivity index (χ1) is 3.31. The third-order valence-corrected chi connectivity index (χ3v) is 1.55. The Morgan fingerprint density at radius 2 is 2.57 bits per heavy atom. The predicted molar refractivity (Wildman–Crippen MR) is 33.6 cm³/mol. The van der Waals surface area contributed by atoms with Crippen molar-refractivity contribution < 1.29 is 0 Å². The highest BCUT2D eigenvalue weighted by Gasteiger charge is 1.96. The molecule has 0 amide bonds. The van der Waals surface area contributed by atoms with Gasteiger partial charge < -0.3 is 0 Å². The minimum Gasteiger partial charge on any atom is -0.197 e. The van der Waals surface area contributed by atoms with Gasteiger partial charge in [0.15, 0.2) is 0 Å². The van der Waals surface area contributed by atoms with Gasteiger partial charge in [-0.1, -0.05) is 0 Å². The van der Waals surface area contributed by atoms with Crippen molar-refractivity contribution in [2.24, 2.45) is 0 Å². The maximum absolute atomic E-state index is 8.07. The Bertz CT molecular complexity index is 78.2. The monoisotopic (exact) mass is 135 g/mol. The summed E-state index contributed by atoms with van der Waals surface area (Å²) in [5.74, 6) is 0.720. The third-order valence-electron chi connectivity index (χ3n) is 0.453. The van der Waals surface area contributed by atoms with Crippen LogP contribution in [0.1, 0.15) is 0 Å². The predicted octanol–water partition coefficient (Wildman–Crippen LogP) is 1.48. The molecule has 7 heavy (non-hydrogen) atoms. The van der Waals surface area contributed by atoms with E-state index in [0.29, 0.717) is 0 Å². The van der Waals surface area contributed by atoms with Crippen molar-refractivity contribution in [3.8, 4) is 6.07 Å². The maximum Gasteiger partial charge on any atom is 0.129 e. The molecule has 0 bridgehead atoms. The van der Waals surface area contributed by atoms with E-state index in [2.05, 4.69) is 0 Å². The minimum atomic E-state index is -0.310. The van der Waals surface area contributed by atoms with Gasteiger partial charge in [0.1, 0.15) is 5.38 Å². The molecule has 0 heterocycles. The number of rotatable bonds is 2. The number of nitriles is 1. The molecule has 0 saturated carbocycles. The van der Waals surface area contributed by atoms with Crippen LogP contribution in [0, 0.1) is 11.3 Å². The molecule has 3 heteroatoms. The van der Waals surface area contributed by atoms with Crippen LogP contribution in [0.25, 0.3) is 0 Å². The Balaban J connectivity index is 3.04. The van der Waals surface area contributed by atoms with Crippen LogP contribution in [0.15, 0.2) is 0 Å². The van der Waals surface area contributed by atoms with Gasteiger partial charge in [0.25, 0.3) is 0 Å². The molecule has 0 aromatic carbocycles. The number of hydrogen-bond donors (Lipinski definition) is 0. The molecule has 0 aliphatic rings. The van der Waals surface area contributed by atoms with E-state index in [4.69, 9.17) is 16.9 Å². The summed E-state index contributed by atoms with van der Waals surface area (Å²) in [6, 6.07) is 1.91. The lowest BCUT2D eigenvalue weighted by molar-refractivity contribution is 1.25. The Labute approximate surface area is 52.7 Å². The Kier molecular flexibility index (Phi) is 4.37. The van der Waals surface area contributed by atoms with Crippen LogP contribution in [0.5, 0.6) is 0 Å². The van der Waals surface area contributed by atoms with E-state index in [-0.39, 0.29) is 5.38 Å². The summed E-state index contributed by atoms with van der Waals surface area (Å²) >= 11 is 6.96. The van der Waals surface area contributed by atoms with E-state index in [1.807, 2.05) is 12.3 Å². The second kappa shape index (κ2) is 4.29. The molecule has 0 N–H and O–H groups in total. The topological polar surface area (TPSA) is 23.8 Å². The highest BCUT2D eigenvalue weighted by atomic mass is 35.5. The molecular formula is C4H6ClNS. The van der Waals surface area contributed by atoms with Gasteiger partial charge in [-0.3, -0.25) is 0 Å². The molecule has 1 atom stereocenters. The molecule has 40 valence electrons. The first-order valence-electron chi connectivity index (χ1n) is 1.84. The third kappa shape index (κ3) is 3.97. The van der Waals surface area contributed by atoms with Crippen molar-refractivity contribution in [2.75, 3.05) is 12.0 Å². The molecule has 1 nitrogen and oxygen atoms in total. The Hall–Kier alpha value is 0.130. The first-order valence-corrected chi connectivity index (χ1v) is 3.67. The van der Waals surface area contributed by atoms with Crippen LogP contribution in [-0.4, -0.2) is 17.4 Å². The molecule has 0 aliphatic carbocycles. The average Bonchev–Trinajstić information content (AvgIpc) is 1.68. The molecule has 0 aromatic heterocycles. The molecule has 0 saturated heterocycles. The van der Waals surface area contributed by atoms with E-state index >= 15 is 0 Å². The zero-order valence-corrected chi connectivity index (χ0v) is 5.59. The second-order valence-corrected chi connectivity index (χ2v) is 2.49. The number of halogens is 1. The van der Waals surface area contributed by atoms with Crippen molar-refractivity contribution in [3.63, 3.8) is 0 Å². The highest BCUT2D eigenvalue weighted by Crippen LogP contribution is 2.01. The van der Waals surface area contributed by atoms with Crippen molar-refractivity contribution in [3.05, 3.63) is 0 Å². The largest absolute Gasteiger partial charge is 0.197 e. The summed E-state index contributed by atoms with van der Waals surface area (Å²) in [4.78, 5) is 0. The molecule has 0 fully saturated rings. The minimum absolute atomic E-state index is 0.310. The van der Waals surface area contributed by atoms with Gasteiger partial charge in [0.05, 0.1) is 6.07 Å². The van der Waals surface area contributed by atoms with Crippen LogP contribution in [0.2, 0.25) is 0 Å². The van der Waals surface area contributed by atoms with Crippen LogP contribution in [0.3, 0.4) is 0 Å². The number of nitrogens with zero attached hydrogens (tertiary/aromatic N) is 1. The highest BCUT2D eigenvalue weighted by molar-refractivity contribution is 7.98. The van der Waals surface area contributed by atoms with Gasteiger partial charge in [0, 0.05) is 5.75 Å². The van der Waals surface area contributed by atoms with Gasteiger partial charge in [0.2, 0.25) is 0 Å². The zero-order chi connectivity index (χ0) is 5.70. The van der Waals surface area contributed by atoms with Crippen molar-refractivity contribution in [2.45, 2.75) is 5.38 Å². The molecule has 0 aromatic rings. The number of hydrogen-bond acceptors (Lipinski definition) is 2. The summed E-state index contributed by atoms with van der Waals surface area (Å²) in [7, 11) is 0. The van der Waals surface area contributed by atoms with Crippen LogP contribution < -0.4 is 0 Å².